The lowest BCUT2D eigenvalue weighted by Gasteiger charge is -2.13. The molecule has 0 aliphatic rings. The molecule has 0 bridgehead atoms. The van der Waals surface area contributed by atoms with E-state index >= 15 is 0 Å². The number of rotatable bonds is 7. The van der Waals surface area contributed by atoms with E-state index in [1.807, 2.05) is 24.3 Å². The summed E-state index contributed by atoms with van der Waals surface area (Å²) in [5.41, 5.74) is 6.62. The fourth-order valence-corrected chi connectivity index (χ4v) is 1.45. The van der Waals surface area contributed by atoms with Crippen molar-refractivity contribution >= 4 is 0 Å². The van der Waals surface area contributed by atoms with Crippen LogP contribution >= 0.6 is 0 Å². The molecule has 0 aliphatic heterocycles. The average molecular weight is 221 g/mol. The zero-order chi connectivity index (χ0) is 11.8. The third-order valence-electron chi connectivity index (χ3n) is 2.30. The zero-order valence-corrected chi connectivity index (χ0v) is 9.74. The summed E-state index contributed by atoms with van der Waals surface area (Å²) >= 11 is 0. The zero-order valence-electron chi connectivity index (χ0n) is 9.74. The van der Waals surface area contributed by atoms with Crippen LogP contribution in [0.4, 0.5) is 0 Å². The minimum Gasteiger partial charge on any atom is -0.493 e. The van der Waals surface area contributed by atoms with Crippen molar-refractivity contribution in [3.63, 3.8) is 0 Å². The molecule has 88 valence electrons. The Morgan fingerprint density at radius 2 is 2.25 bits per heavy atom. The highest BCUT2D eigenvalue weighted by molar-refractivity contribution is 5.46. The van der Waals surface area contributed by atoms with Gasteiger partial charge in [-0.05, 0) is 18.9 Å². The lowest BCUT2D eigenvalue weighted by atomic mass is 10.2. The highest BCUT2D eigenvalue weighted by atomic mass is 16.5. The number of benzene rings is 1. The number of allylic oxidation sites excluding steroid dienone is 1. The van der Waals surface area contributed by atoms with E-state index in [-0.39, 0.29) is 0 Å². The molecule has 0 heterocycles. The minimum atomic E-state index is 0.452. The maximum atomic E-state index is 5.70. The molecule has 3 heteroatoms. The van der Waals surface area contributed by atoms with Crippen LogP contribution in [0.5, 0.6) is 11.5 Å². The molecule has 1 rings (SSSR count). The summed E-state index contributed by atoms with van der Waals surface area (Å²) in [5.74, 6) is 1.50. The van der Waals surface area contributed by atoms with E-state index in [1.165, 1.54) is 0 Å². The summed E-state index contributed by atoms with van der Waals surface area (Å²) in [6.07, 6.45) is 3.79. The highest BCUT2D eigenvalue weighted by Crippen LogP contribution is 2.30. The van der Waals surface area contributed by atoms with E-state index in [4.69, 9.17) is 15.2 Å². The highest BCUT2D eigenvalue weighted by Gasteiger charge is 2.08. The lowest BCUT2D eigenvalue weighted by Crippen LogP contribution is -2.05. The largest absolute Gasteiger partial charge is 0.493 e. The van der Waals surface area contributed by atoms with Crippen molar-refractivity contribution in [2.75, 3.05) is 13.7 Å². The SMILES string of the molecule is C=CCCCOc1c(CN)cccc1OC. The predicted octanol–water partition coefficient (Wildman–Crippen LogP) is 2.50. The molecular formula is C13H19NO2. The number of nitrogens with two attached hydrogens (primary N) is 1. The summed E-state index contributed by atoms with van der Waals surface area (Å²) < 4.78 is 10.9. The molecule has 2 N–H and O–H groups in total. The average Bonchev–Trinajstić information content (AvgIpc) is 2.34. The maximum Gasteiger partial charge on any atom is 0.165 e. The van der Waals surface area contributed by atoms with Gasteiger partial charge in [-0.15, -0.1) is 6.58 Å². The van der Waals surface area contributed by atoms with Crippen molar-refractivity contribution < 1.29 is 9.47 Å². The molecule has 0 saturated heterocycles. The van der Waals surface area contributed by atoms with Crippen molar-refractivity contribution in [1.82, 2.24) is 0 Å². The quantitative estimate of drug-likeness (QED) is 0.568. The first kappa shape index (κ1) is 12.6. The summed E-state index contributed by atoms with van der Waals surface area (Å²) in [5, 5.41) is 0. The van der Waals surface area contributed by atoms with Gasteiger partial charge in [0.25, 0.3) is 0 Å². The summed E-state index contributed by atoms with van der Waals surface area (Å²) in [6, 6.07) is 5.74. The van der Waals surface area contributed by atoms with Gasteiger partial charge in [-0.2, -0.15) is 0 Å². The predicted molar refractivity (Wildman–Crippen MR) is 65.8 cm³/mol. The Morgan fingerprint density at radius 3 is 2.88 bits per heavy atom. The monoisotopic (exact) mass is 221 g/mol. The van der Waals surface area contributed by atoms with E-state index in [0.29, 0.717) is 13.2 Å². The van der Waals surface area contributed by atoms with Gasteiger partial charge in [0.05, 0.1) is 13.7 Å². The number of ether oxygens (including phenoxy) is 2. The van der Waals surface area contributed by atoms with E-state index in [1.54, 1.807) is 7.11 Å². The van der Waals surface area contributed by atoms with E-state index < -0.39 is 0 Å². The van der Waals surface area contributed by atoms with Crippen molar-refractivity contribution in [3.8, 4) is 11.5 Å². The van der Waals surface area contributed by atoms with Gasteiger partial charge < -0.3 is 15.2 Å². The molecule has 0 atom stereocenters. The van der Waals surface area contributed by atoms with Crippen LogP contribution in [0.1, 0.15) is 18.4 Å². The van der Waals surface area contributed by atoms with Gasteiger partial charge in [0, 0.05) is 12.1 Å². The fraction of sp³-hybridized carbons (Fsp3) is 0.385. The molecule has 1 aromatic carbocycles. The fourth-order valence-electron chi connectivity index (χ4n) is 1.45. The Labute approximate surface area is 96.9 Å². The Bertz CT molecular complexity index is 314. The number of hydrogen-bond acceptors (Lipinski definition) is 3. The first-order chi connectivity index (χ1) is 7.83. The van der Waals surface area contributed by atoms with Crippen LogP contribution in [0.3, 0.4) is 0 Å². The summed E-state index contributed by atoms with van der Waals surface area (Å²) in [6.45, 7) is 4.78. The number of para-hydroxylation sites is 1. The van der Waals surface area contributed by atoms with Crippen LogP contribution in [-0.4, -0.2) is 13.7 Å². The van der Waals surface area contributed by atoms with Gasteiger partial charge in [-0.3, -0.25) is 0 Å². The third-order valence-corrected chi connectivity index (χ3v) is 2.30. The van der Waals surface area contributed by atoms with E-state index in [9.17, 15) is 0 Å². The van der Waals surface area contributed by atoms with Gasteiger partial charge in [0.1, 0.15) is 0 Å². The summed E-state index contributed by atoms with van der Waals surface area (Å²) in [7, 11) is 1.63. The number of unbranched alkanes of at least 4 members (excludes halogenated alkanes) is 1. The Kier molecular flexibility index (Phi) is 5.43. The second kappa shape index (κ2) is 6.90. The Balaban J connectivity index is 2.70. The van der Waals surface area contributed by atoms with Crippen molar-refractivity contribution in [2.24, 2.45) is 5.73 Å². The third kappa shape index (κ3) is 3.28. The van der Waals surface area contributed by atoms with Gasteiger partial charge >= 0.3 is 0 Å². The number of hydrogen-bond donors (Lipinski definition) is 1. The molecule has 0 aromatic heterocycles. The summed E-state index contributed by atoms with van der Waals surface area (Å²) in [4.78, 5) is 0. The molecule has 0 aliphatic carbocycles. The van der Waals surface area contributed by atoms with Gasteiger partial charge in [-0.1, -0.05) is 18.2 Å². The lowest BCUT2D eigenvalue weighted by molar-refractivity contribution is 0.287. The van der Waals surface area contributed by atoms with Crippen LogP contribution in [0.25, 0.3) is 0 Å². The van der Waals surface area contributed by atoms with Crippen molar-refractivity contribution in [2.45, 2.75) is 19.4 Å². The van der Waals surface area contributed by atoms with Gasteiger partial charge in [-0.25, -0.2) is 0 Å². The Morgan fingerprint density at radius 1 is 1.44 bits per heavy atom. The van der Waals surface area contributed by atoms with Gasteiger partial charge in [0.2, 0.25) is 0 Å². The number of methoxy groups -OCH3 is 1. The van der Waals surface area contributed by atoms with Crippen LogP contribution < -0.4 is 15.2 Å². The molecule has 0 amide bonds. The smallest absolute Gasteiger partial charge is 0.165 e. The van der Waals surface area contributed by atoms with Crippen LogP contribution in [0.2, 0.25) is 0 Å². The maximum absolute atomic E-state index is 5.70. The first-order valence-corrected chi connectivity index (χ1v) is 5.43. The second-order valence-electron chi connectivity index (χ2n) is 3.43. The Hall–Kier alpha value is -1.48. The first-order valence-electron chi connectivity index (χ1n) is 5.43. The molecule has 1 aromatic rings. The van der Waals surface area contributed by atoms with E-state index in [0.717, 1.165) is 29.9 Å². The molecule has 0 saturated carbocycles. The second-order valence-corrected chi connectivity index (χ2v) is 3.43. The molecule has 16 heavy (non-hydrogen) atoms. The standard InChI is InChI=1S/C13H19NO2/c1-3-4-5-9-16-13-11(10-14)7-6-8-12(13)15-2/h3,6-8H,1,4-5,9-10,14H2,2H3. The molecule has 0 spiro atoms. The van der Waals surface area contributed by atoms with Crippen LogP contribution in [-0.2, 0) is 6.54 Å². The normalized spacial score (nSPS) is 9.88. The molecule has 3 nitrogen and oxygen atoms in total. The van der Waals surface area contributed by atoms with Crippen molar-refractivity contribution in [3.05, 3.63) is 36.4 Å². The molecule has 0 unspecified atom stereocenters. The van der Waals surface area contributed by atoms with Crippen molar-refractivity contribution in [1.29, 1.82) is 0 Å². The molecule has 0 radical (unpaired) electrons. The van der Waals surface area contributed by atoms with Crippen LogP contribution in [0.15, 0.2) is 30.9 Å². The minimum absolute atomic E-state index is 0.452. The van der Waals surface area contributed by atoms with Gasteiger partial charge in [0.15, 0.2) is 11.5 Å². The van der Waals surface area contributed by atoms with E-state index in [2.05, 4.69) is 6.58 Å². The molecular weight excluding hydrogens is 202 g/mol. The van der Waals surface area contributed by atoms with Crippen LogP contribution in [0, 0.1) is 0 Å². The topological polar surface area (TPSA) is 44.5 Å². The molecule has 0 fully saturated rings.